The standard InChI is InChI=1S/C8H8BrF2NOS/c9-5-3-6(10)8(7(11)4-5)14-12-1-2-13/h3-4,12-13H,1-2H2. The van der Waals surface area contributed by atoms with E-state index in [4.69, 9.17) is 5.11 Å². The fourth-order valence-electron chi connectivity index (χ4n) is 0.795. The molecule has 0 saturated heterocycles. The lowest BCUT2D eigenvalue weighted by Gasteiger charge is -2.05. The maximum atomic E-state index is 13.1. The predicted molar refractivity (Wildman–Crippen MR) is 55.0 cm³/mol. The highest BCUT2D eigenvalue weighted by Crippen LogP contribution is 2.26. The van der Waals surface area contributed by atoms with E-state index in [0.29, 0.717) is 4.47 Å². The molecule has 0 bridgehead atoms. The van der Waals surface area contributed by atoms with Gasteiger partial charge >= 0.3 is 0 Å². The van der Waals surface area contributed by atoms with E-state index in [1.807, 2.05) is 0 Å². The zero-order valence-electron chi connectivity index (χ0n) is 7.06. The Bertz CT molecular complexity index is 301. The highest BCUT2D eigenvalue weighted by Gasteiger charge is 2.10. The van der Waals surface area contributed by atoms with Gasteiger partial charge < -0.3 is 5.11 Å². The van der Waals surface area contributed by atoms with Gasteiger partial charge in [-0.2, -0.15) is 0 Å². The summed E-state index contributed by atoms with van der Waals surface area (Å²) >= 11 is 3.81. The summed E-state index contributed by atoms with van der Waals surface area (Å²) in [6.45, 7) is 0.201. The van der Waals surface area contributed by atoms with Gasteiger partial charge in [-0.3, -0.25) is 4.72 Å². The monoisotopic (exact) mass is 283 g/mol. The number of halogens is 3. The van der Waals surface area contributed by atoms with Crippen molar-refractivity contribution in [3.05, 3.63) is 28.2 Å². The van der Waals surface area contributed by atoms with E-state index in [1.54, 1.807) is 0 Å². The minimum Gasteiger partial charge on any atom is -0.395 e. The number of hydrogen-bond acceptors (Lipinski definition) is 3. The maximum Gasteiger partial charge on any atom is 0.142 e. The van der Waals surface area contributed by atoms with Crippen molar-refractivity contribution in [2.75, 3.05) is 13.2 Å². The summed E-state index contributed by atoms with van der Waals surface area (Å²) in [6.07, 6.45) is 0. The number of nitrogens with one attached hydrogen (secondary N) is 1. The van der Waals surface area contributed by atoms with Crippen LogP contribution in [-0.4, -0.2) is 18.3 Å². The minimum absolute atomic E-state index is 0.0766. The van der Waals surface area contributed by atoms with Crippen LogP contribution in [0.1, 0.15) is 0 Å². The van der Waals surface area contributed by atoms with Gasteiger partial charge in [0, 0.05) is 11.0 Å². The average Bonchev–Trinajstić information content (AvgIpc) is 2.09. The van der Waals surface area contributed by atoms with Gasteiger partial charge in [0.25, 0.3) is 0 Å². The smallest absolute Gasteiger partial charge is 0.142 e. The van der Waals surface area contributed by atoms with E-state index < -0.39 is 11.6 Å². The van der Waals surface area contributed by atoms with Crippen molar-refractivity contribution < 1.29 is 13.9 Å². The molecule has 0 aromatic heterocycles. The molecule has 0 aliphatic heterocycles. The number of rotatable bonds is 4. The second-order valence-electron chi connectivity index (χ2n) is 2.42. The molecule has 14 heavy (non-hydrogen) atoms. The lowest BCUT2D eigenvalue weighted by Crippen LogP contribution is -2.10. The Morgan fingerprint density at radius 3 is 2.43 bits per heavy atom. The molecule has 78 valence electrons. The molecule has 1 aromatic carbocycles. The van der Waals surface area contributed by atoms with Crippen LogP contribution in [0, 0.1) is 11.6 Å². The fourth-order valence-corrected chi connectivity index (χ4v) is 1.85. The van der Waals surface area contributed by atoms with Crippen molar-refractivity contribution in [1.82, 2.24) is 4.72 Å². The van der Waals surface area contributed by atoms with Gasteiger partial charge in [0.15, 0.2) is 0 Å². The van der Waals surface area contributed by atoms with E-state index >= 15 is 0 Å². The van der Waals surface area contributed by atoms with Gasteiger partial charge in [0.2, 0.25) is 0 Å². The summed E-state index contributed by atoms with van der Waals surface area (Å²) in [6, 6.07) is 2.37. The molecule has 0 heterocycles. The van der Waals surface area contributed by atoms with Crippen molar-refractivity contribution in [2.24, 2.45) is 0 Å². The van der Waals surface area contributed by atoms with E-state index in [0.717, 1.165) is 11.9 Å². The summed E-state index contributed by atoms with van der Waals surface area (Å²) in [5, 5.41) is 8.46. The molecule has 2 N–H and O–H groups in total. The number of hydrogen-bond donors (Lipinski definition) is 2. The second kappa shape index (κ2) is 5.65. The first-order chi connectivity index (χ1) is 6.65. The van der Waals surface area contributed by atoms with Crippen LogP contribution >= 0.6 is 27.9 Å². The summed E-state index contributed by atoms with van der Waals surface area (Å²) in [4.78, 5) is -0.0957. The molecule has 2 nitrogen and oxygen atoms in total. The van der Waals surface area contributed by atoms with Crippen LogP contribution in [-0.2, 0) is 0 Å². The summed E-state index contributed by atoms with van der Waals surface area (Å²) in [5.74, 6) is -1.26. The predicted octanol–water partition coefficient (Wildman–Crippen LogP) is 2.32. The van der Waals surface area contributed by atoms with Crippen LogP contribution in [0.3, 0.4) is 0 Å². The van der Waals surface area contributed by atoms with Crippen LogP contribution in [0.5, 0.6) is 0 Å². The third-order valence-corrected chi connectivity index (χ3v) is 2.75. The Labute approximate surface area is 93.0 Å². The van der Waals surface area contributed by atoms with Gasteiger partial charge in [0.05, 0.1) is 11.5 Å². The van der Waals surface area contributed by atoms with Gasteiger partial charge in [0.1, 0.15) is 11.6 Å². The number of benzene rings is 1. The molecule has 0 fully saturated rings. The second-order valence-corrected chi connectivity index (χ2v) is 4.24. The van der Waals surface area contributed by atoms with Gasteiger partial charge in [-0.15, -0.1) is 0 Å². The maximum absolute atomic E-state index is 13.1. The van der Waals surface area contributed by atoms with E-state index in [9.17, 15) is 8.78 Å². The first kappa shape index (κ1) is 11.9. The Balaban J connectivity index is 2.75. The van der Waals surface area contributed by atoms with Crippen molar-refractivity contribution in [3.8, 4) is 0 Å². The number of aliphatic hydroxyl groups excluding tert-OH is 1. The normalized spacial score (nSPS) is 10.6. The molecule has 0 unspecified atom stereocenters. The number of aliphatic hydroxyl groups is 1. The quantitative estimate of drug-likeness (QED) is 0.657. The van der Waals surface area contributed by atoms with Crippen LogP contribution in [0.4, 0.5) is 8.78 Å². The highest BCUT2D eigenvalue weighted by molar-refractivity contribution is 9.10. The molecule has 0 amide bonds. The van der Waals surface area contributed by atoms with E-state index in [1.165, 1.54) is 12.1 Å². The van der Waals surface area contributed by atoms with Crippen molar-refractivity contribution in [3.63, 3.8) is 0 Å². The van der Waals surface area contributed by atoms with Crippen LogP contribution in [0.15, 0.2) is 21.5 Å². The highest BCUT2D eigenvalue weighted by atomic mass is 79.9. The molecule has 0 aliphatic rings. The van der Waals surface area contributed by atoms with E-state index in [2.05, 4.69) is 20.7 Å². The molecule has 0 saturated carbocycles. The van der Waals surface area contributed by atoms with Gasteiger partial charge in [-0.05, 0) is 24.1 Å². The summed E-state index contributed by atoms with van der Waals surface area (Å²) in [7, 11) is 0. The first-order valence-corrected chi connectivity index (χ1v) is 5.41. The SMILES string of the molecule is OCCNSc1c(F)cc(Br)cc1F. The first-order valence-electron chi connectivity index (χ1n) is 3.80. The Morgan fingerprint density at radius 1 is 1.36 bits per heavy atom. The van der Waals surface area contributed by atoms with Crippen LogP contribution in [0.2, 0.25) is 0 Å². The minimum atomic E-state index is -0.632. The molecule has 1 aromatic rings. The molecule has 0 spiro atoms. The Hall–Kier alpha value is -0.170. The molecule has 0 atom stereocenters. The zero-order chi connectivity index (χ0) is 10.6. The third-order valence-electron chi connectivity index (χ3n) is 1.35. The van der Waals surface area contributed by atoms with Gasteiger partial charge in [-0.25, -0.2) is 8.78 Å². The average molecular weight is 284 g/mol. The summed E-state index contributed by atoms with van der Waals surface area (Å²) in [5.41, 5.74) is 0. The van der Waals surface area contributed by atoms with Crippen LogP contribution < -0.4 is 4.72 Å². The largest absolute Gasteiger partial charge is 0.395 e. The molecule has 6 heteroatoms. The molecule has 0 aliphatic carbocycles. The summed E-state index contributed by atoms with van der Waals surface area (Å²) < 4.78 is 29.3. The zero-order valence-corrected chi connectivity index (χ0v) is 9.46. The lowest BCUT2D eigenvalue weighted by atomic mass is 10.3. The van der Waals surface area contributed by atoms with Gasteiger partial charge in [-0.1, -0.05) is 15.9 Å². The van der Waals surface area contributed by atoms with Crippen molar-refractivity contribution in [2.45, 2.75) is 4.90 Å². The van der Waals surface area contributed by atoms with Crippen molar-refractivity contribution in [1.29, 1.82) is 0 Å². The third kappa shape index (κ3) is 3.20. The van der Waals surface area contributed by atoms with Crippen molar-refractivity contribution >= 4 is 27.9 Å². The fraction of sp³-hybridized carbons (Fsp3) is 0.250. The molecular weight excluding hydrogens is 276 g/mol. The van der Waals surface area contributed by atoms with Crippen LogP contribution in [0.25, 0.3) is 0 Å². The Kier molecular flexibility index (Phi) is 4.80. The lowest BCUT2D eigenvalue weighted by molar-refractivity contribution is 0.302. The van der Waals surface area contributed by atoms with E-state index in [-0.39, 0.29) is 18.0 Å². The molecule has 1 rings (SSSR count). The Morgan fingerprint density at radius 2 is 1.93 bits per heavy atom. The molecular formula is C8H8BrF2NOS. The topological polar surface area (TPSA) is 32.3 Å². The molecule has 0 radical (unpaired) electrons.